The molecule has 0 aliphatic heterocycles. The maximum absolute atomic E-state index is 12.0. The Hall–Kier alpha value is -1.84. The third-order valence-corrected chi connectivity index (χ3v) is 3.99. The number of anilines is 2. The Balaban J connectivity index is 2.46. The minimum atomic E-state index is 0.00995. The van der Waals surface area contributed by atoms with Crippen molar-refractivity contribution in [3.8, 4) is 0 Å². The summed E-state index contributed by atoms with van der Waals surface area (Å²) in [6.07, 6.45) is 9.69. The van der Waals surface area contributed by atoms with E-state index in [9.17, 15) is 9.59 Å². The summed E-state index contributed by atoms with van der Waals surface area (Å²) in [6, 6.07) is 7.39. The molecule has 4 heteroatoms. The van der Waals surface area contributed by atoms with E-state index in [2.05, 4.69) is 24.5 Å². The molecule has 0 aliphatic carbocycles. The van der Waals surface area contributed by atoms with Crippen LogP contribution >= 0.6 is 0 Å². The molecule has 0 aliphatic rings. The summed E-state index contributed by atoms with van der Waals surface area (Å²) in [4.78, 5) is 24.1. The first-order valence-corrected chi connectivity index (χ1v) is 9.36. The largest absolute Gasteiger partial charge is 0.324 e. The van der Waals surface area contributed by atoms with E-state index >= 15 is 0 Å². The second-order valence-corrected chi connectivity index (χ2v) is 6.26. The third-order valence-electron chi connectivity index (χ3n) is 3.99. The molecule has 1 aromatic carbocycles. The Bertz CT molecular complexity index is 455. The molecule has 0 radical (unpaired) electrons. The smallest absolute Gasteiger partial charge is 0.224 e. The molecule has 0 heterocycles. The highest BCUT2D eigenvalue weighted by Crippen LogP contribution is 2.22. The van der Waals surface area contributed by atoms with E-state index in [1.165, 1.54) is 0 Å². The van der Waals surface area contributed by atoms with Crippen LogP contribution in [0.15, 0.2) is 24.3 Å². The van der Waals surface area contributed by atoms with Gasteiger partial charge in [-0.25, -0.2) is 0 Å². The van der Waals surface area contributed by atoms with Gasteiger partial charge in [0.2, 0.25) is 11.8 Å². The SMILES string of the molecule is CCCCCCC(=O)Nc1ccccc1NC(=O)CCCCCC. The highest BCUT2D eigenvalue weighted by atomic mass is 16.2. The highest BCUT2D eigenvalue weighted by Gasteiger charge is 2.09. The van der Waals surface area contributed by atoms with E-state index in [-0.39, 0.29) is 11.8 Å². The van der Waals surface area contributed by atoms with E-state index in [0.29, 0.717) is 24.2 Å². The molecule has 0 aromatic heterocycles. The van der Waals surface area contributed by atoms with E-state index in [1.54, 1.807) is 0 Å². The van der Waals surface area contributed by atoms with Crippen LogP contribution in [0.2, 0.25) is 0 Å². The lowest BCUT2D eigenvalue weighted by atomic mass is 10.1. The molecule has 2 amide bonds. The van der Waals surface area contributed by atoms with Gasteiger partial charge in [0.15, 0.2) is 0 Å². The Kier molecular flexibility index (Phi) is 10.6. The van der Waals surface area contributed by atoms with E-state index in [0.717, 1.165) is 51.4 Å². The molecule has 0 spiro atoms. The van der Waals surface area contributed by atoms with Gasteiger partial charge in [-0.3, -0.25) is 9.59 Å². The number of rotatable bonds is 12. The van der Waals surface area contributed by atoms with Crippen molar-refractivity contribution in [2.45, 2.75) is 78.1 Å². The van der Waals surface area contributed by atoms with Crippen LogP contribution in [0.4, 0.5) is 11.4 Å². The summed E-state index contributed by atoms with van der Waals surface area (Å²) in [6.45, 7) is 4.31. The van der Waals surface area contributed by atoms with Gasteiger partial charge >= 0.3 is 0 Å². The zero-order valence-electron chi connectivity index (χ0n) is 15.2. The van der Waals surface area contributed by atoms with Gasteiger partial charge in [0, 0.05) is 12.8 Å². The lowest BCUT2D eigenvalue weighted by molar-refractivity contribution is -0.117. The van der Waals surface area contributed by atoms with E-state index in [4.69, 9.17) is 0 Å². The van der Waals surface area contributed by atoms with Crippen molar-refractivity contribution in [3.05, 3.63) is 24.3 Å². The van der Waals surface area contributed by atoms with Gasteiger partial charge in [0.1, 0.15) is 0 Å². The summed E-state index contributed by atoms with van der Waals surface area (Å²) in [5, 5.41) is 5.83. The average molecular weight is 332 g/mol. The quantitative estimate of drug-likeness (QED) is 0.496. The fraction of sp³-hybridized carbons (Fsp3) is 0.600. The van der Waals surface area contributed by atoms with Crippen molar-refractivity contribution < 1.29 is 9.59 Å². The van der Waals surface area contributed by atoms with Crippen LogP contribution in [0.1, 0.15) is 78.1 Å². The Labute approximate surface area is 146 Å². The lowest BCUT2D eigenvalue weighted by Gasteiger charge is -2.12. The van der Waals surface area contributed by atoms with Crippen molar-refractivity contribution in [1.82, 2.24) is 0 Å². The number of hydrogen-bond acceptors (Lipinski definition) is 2. The predicted molar refractivity (Wildman–Crippen MR) is 101 cm³/mol. The second-order valence-electron chi connectivity index (χ2n) is 6.26. The first-order chi connectivity index (χ1) is 11.7. The Morgan fingerprint density at radius 3 is 1.50 bits per heavy atom. The van der Waals surface area contributed by atoms with Crippen molar-refractivity contribution in [2.75, 3.05) is 10.6 Å². The number of para-hydroxylation sites is 2. The summed E-state index contributed by atoms with van der Waals surface area (Å²) in [5.41, 5.74) is 1.36. The predicted octanol–water partition coefficient (Wildman–Crippen LogP) is 5.50. The standard InChI is InChI=1S/C20H32N2O2/c1-3-5-7-9-15-19(23)21-17-13-11-12-14-18(17)22-20(24)16-10-8-6-4-2/h11-14H,3-10,15-16H2,1-2H3,(H,21,23)(H,22,24). The summed E-state index contributed by atoms with van der Waals surface area (Å²) < 4.78 is 0. The zero-order chi connectivity index (χ0) is 17.6. The normalized spacial score (nSPS) is 10.4. The molecular formula is C20H32N2O2. The van der Waals surface area contributed by atoms with Crippen LogP contribution < -0.4 is 10.6 Å². The molecule has 2 N–H and O–H groups in total. The van der Waals surface area contributed by atoms with Gasteiger partial charge in [0.25, 0.3) is 0 Å². The topological polar surface area (TPSA) is 58.2 Å². The van der Waals surface area contributed by atoms with Crippen LogP contribution in [0.3, 0.4) is 0 Å². The minimum Gasteiger partial charge on any atom is -0.324 e. The van der Waals surface area contributed by atoms with Crippen LogP contribution in [0.5, 0.6) is 0 Å². The Morgan fingerprint density at radius 2 is 1.12 bits per heavy atom. The maximum Gasteiger partial charge on any atom is 0.224 e. The number of nitrogens with one attached hydrogen (secondary N) is 2. The van der Waals surface area contributed by atoms with Crippen LogP contribution in [0.25, 0.3) is 0 Å². The Morgan fingerprint density at radius 1 is 0.708 bits per heavy atom. The van der Waals surface area contributed by atoms with Gasteiger partial charge in [-0.05, 0) is 25.0 Å². The molecule has 0 unspecified atom stereocenters. The molecule has 0 saturated carbocycles. The number of unbranched alkanes of at least 4 members (excludes halogenated alkanes) is 6. The number of carbonyl (C=O) groups is 2. The number of carbonyl (C=O) groups excluding carboxylic acids is 2. The van der Waals surface area contributed by atoms with Crippen molar-refractivity contribution in [3.63, 3.8) is 0 Å². The monoisotopic (exact) mass is 332 g/mol. The zero-order valence-corrected chi connectivity index (χ0v) is 15.2. The fourth-order valence-electron chi connectivity index (χ4n) is 2.55. The molecule has 24 heavy (non-hydrogen) atoms. The second kappa shape index (κ2) is 12.6. The van der Waals surface area contributed by atoms with Gasteiger partial charge in [-0.15, -0.1) is 0 Å². The van der Waals surface area contributed by atoms with Crippen molar-refractivity contribution in [2.24, 2.45) is 0 Å². The fourth-order valence-corrected chi connectivity index (χ4v) is 2.55. The number of hydrogen-bond donors (Lipinski definition) is 2. The molecule has 1 rings (SSSR count). The summed E-state index contributed by atoms with van der Waals surface area (Å²) in [5.74, 6) is 0.0199. The highest BCUT2D eigenvalue weighted by molar-refractivity contribution is 5.99. The molecule has 1 aromatic rings. The first-order valence-electron chi connectivity index (χ1n) is 9.36. The first kappa shape index (κ1) is 20.2. The lowest BCUT2D eigenvalue weighted by Crippen LogP contribution is -2.16. The van der Waals surface area contributed by atoms with Gasteiger partial charge < -0.3 is 10.6 Å². The molecule has 0 saturated heterocycles. The van der Waals surface area contributed by atoms with Crippen LogP contribution in [-0.2, 0) is 9.59 Å². The molecule has 0 fully saturated rings. The third kappa shape index (κ3) is 8.70. The van der Waals surface area contributed by atoms with Crippen LogP contribution in [-0.4, -0.2) is 11.8 Å². The average Bonchev–Trinajstić information content (AvgIpc) is 2.57. The minimum absolute atomic E-state index is 0.00995. The molecule has 0 bridgehead atoms. The van der Waals surface area contributed by atoms with Crippen molar-refractivity contribution in [1.29, 1.82) is 0 Å². The maximum atomic E-state index is 12.0. The number of amides is 2. The summed E-state index contributed by atoms with van der Waals surface area (Å²) >= 11 is 0. The van der Waals surface area contributed by atoms with Crippen LogP contribution in [0, 0.1) is 0 Å². The number of benzene rings is 1. The van der Waals surface area contributed by atoms with Gasteiger partial charge in [0.05, 0.1) is 11.4 Å². The van der Waals surface area contributed by atoms with E-state index in [1.807, 2.05) is 24.3 Å². The van der Waals surface area contributed by atoms with Crippen molar-refractivity contribution >= 4 is 23.2 Å². The molecule has 134 valence electrons. The van der Waals surface area contributed by atoms with Gasteiger partial charge in [-0.2, -0.15) is 0 Å². The van der Waals surface area contributed by atoms with E-state index < -0.39 is 0 Å². The molecular weight excluding hydrogens is 300 g/mol. The van der Waals surface area contributed by atoms with Gasteiger partial charge in [-0.1, -0.05) is 64.5 Å². The molecule has 4 nitrogen and oxygen atoms in total. The molecule has 0 atom stereocenters. The summed E-state index contributed by atoms with van der Waals surface area (Å²) in [7, 11) is 0.